The number of hydrogen-bond acceptors (Lipinski definition) is 0. The van der Waals surface area contributed by atoms with E-state index >= 15 is 0 Å². The lowest BCUT2D eigenvalue weighted by atomic mass is 10.4. The van der Waals surface area contributed by atoms with Gasteiger partial charge in [0.05, 0.1) is 10.9 Å². The topological polar surface area (TPSA) is 0 Å². The number of hydrogen-bond donors (Lipinski definition) is 0. The SMILES string of the molecule is C=C/C=C(\C=C)[S+](C1=CC=CC=CC1)c1ccccc1. The Hall–Kier alpha value is -1.99. The van der Waals surface area contributed by atoms with Crippen LogP contribution in [0.4, 0.5) is 0 Å². The molecule has 1 atom stereocenters. The Morgan fingerprint density at radius 1 is 1.05 bits per heavy atom. The van der Waals surface area contributed by atoms with E-state index in [1.807, 2.05) is 12.2 Å². The summed E-state index contributed by atoms with van der Waals surface area (Å²) < 4.78 is 0. The molecule has 1 aromatic rings. The van der Waals surface area contributed by atoms with Crippen LogP contribution in [-0.4, -0.2) is 0 Å². The van der Waals surface area contributed by atoms with Crippen molar-refractivity contribution < 1.29 is 0 Å². The summed E-state index contributed by atoms with van der Waals surface area (Å²) in [6.07, 6.45) is 17.5. The average molecular weight is 279 g/mol. The van der Waals surface area contributed by atoms with Crippen LogP contribution in [0.2, 0.25) is 0 Å². The maximum absolute atomic E-state index is 3.97. The second kappa shape index (κ2) is 7.56. The minimum absolute atomic E-state index is 0.0927. The highest BCUT2D eigenvalue weighted by Gasteiger charge is 2.30. The van der Waals surface area contributed by atoms with Crippen LogP contribution in [0.1, 0.15) is 6.42 Å². The molecule has 1 aliphatic carbocycles. The Balaban J connectivity index is 2.49. The van der Waals surface area contributed by atoms with Gasteiger partial charge in [0, 0.05) is 6.42 Å². The third-order valence-corrected chi connectivity index (χ3v) is 5.26. The van der Waals surface area contributed by atoms with Gasteiger partial charge in [0.25, 0.3) is 0 Å². The largest absolute Gasteiger partial charge is 0.166 e. The Morgan fingerprint density at radius 3 is 2.55 bits per heavy atom. The zero-order valence-electron chi connectivity index (χ0n) is 11.5. The molecule has 0 bridgehead atoms. The van der Waals surface area contributed by atoms with Gasteiger partial charge in [-0.2, -0.15) is 0 Å². The van der Waals surface area contributed by atoms with Crippen molar-refractivity contribution in [2.75, 3.05) is 0 Å². The minimum atomic E-state index is -0.0927. The molecule has 0 fully saturated rings. The second-order valence-corrected chi connectivity index (χ2v) is 6.36. The lowest BCUT2D eigenvalue weighted by Crippen LogP contribution is -2.07. The summed E-state index contributed by atoms with van der Waals surface area (Å²) in [5, 5.41) is 0. The monoisotopic (exact) mass is 279 g/mol. The van der Waals surface area contributed by atoms with Gasteiger partial charge >= 0.3 is 0 Å². The molecule has 0 N–H and O–H groups in total. The molecule has 1 heteroatoms. The first-order valence-corrected chi connectivity index (χ1v) is 7.86. The molecule has 0 saturated heterocycles. The molecule has 20 heavy (non-hydrogen) atoms. The Morgan fingerprint density at radius 2 is 1.85 bits per heavy atom. The van der Waals surface area contributed by atoms with Crippen LogP contribution in [0.25, 0.3) is 0 Å². The molecule has 1 aromatic carbocycles. The normalized spacial score (nSPS) is 16.2. The third-order valence-electron chi connectivity index (χ3n) is 2.92. The molecular weight excluding hydrogens is 260 g/mol. The predicted octanol–water partition coefficient (Wildman–Crippen LogP) is 5.32. The predicted molar refractivity (Wildman–Crippen MR) is 91.5 cm³/mol. The summed E-state index contributed by atoms with van der Waals surface area (Å²) in [5.74, 6) is 0. The number of benzene rings is 1. The van der Waals surface area contributed by atoms with Gasteiger partial charge in [-0.15, -0.1) is 0 Å². The Bertz CT molecular complexity index is 585. The van der Waals surface area contributed by atoms with E-state index in [4.69, 9.17) is 0 Å². The van der Waals surface area contributed by atoms with Crippen molar-refractivity contribution in [1.29, 1.82) is 0 Å². The van der Waals surface area contributed by atoms with Crippen LogP contribution in [0.3, 0.4) is 0 Å². The summed E-state index contributed by atoms with van der Waals surface area (Å²) in [7, 11) is -0.0927. The van der Waals surface area contributed by atoms with Crippen LogP contribution >= 0.6 is 0 Å². The van der Waals surface area contributed by atoms with Gasteiger partial charge in [0.1, 0.15) is 4.91 Å². The van der Waals surface area contributed by atoms with Crippen LogP contribution in [0, 0.1) is 0 Å². The van der Waals surface area contributed by atoms with Gasteiger partial charge in [-0.1, -0.05) is 61.7 Å². The van der Waals surface area contributed by atoms with E-state index in [-0.39, 0.29) is 10.9 Å². The van der Waals surface area contributed by atoms with E-state index in [0.717, 1.165) is 6.42 Å². The highest BCUT2D eigenvalue weighted by atomic mass is 32.2. The fraction of sp³-hybridized carbons (Fsp3) is 0.0526. The van der Waals surface area contributed by atoms with Crippen molar-refractivity contribution in [3.05, 3.63) is 102 Å². The first-order chi connectivity index (χ1) is 9.86. The van der Waals surface area contributed by atoms with Crippen molar-refractivity contribution in [3.8, 4) is 0 Å². The molecule has 0 heterocycles. The van der Waals surface area contributed by atoms with Gasteiger partial charge in [-0.3, -0.25) is 0 Å². The summed E-state index contributed by atoms with van der Waals surface area (Å²) in [4.78, 5) is 3.92. The fourth-order valence-corrected chi connectivity index (χ4v) is 4.22. The molecule has 0 aliphatic heterocycles. The molecule has 1 unspecified atom stereocenters. The van der Waals surface area contributed by atoms with Gasteiger partial charge < -0.3 is 0 Å². The minimum Gasteiger partial charge on any atom is -0.0989 e. The van der Waals surface area contributed by atoms with E-state index in [1.54, 1.807) is 0 Å². The lowest BCUT2D eigenvalue weighted by Gasteiger charge is -2.10. The Labute approximate surface area is 124 Å². The average Bonchev–Trinajstić information content (AvgIpc) is 2.77. The van der Waals surface area contributed by atoms with Crippen molar-refractivity contribution in [3.63, 3.8) is 0 Å². The first-order valence-electron chi connectivity index (χ1n) is 6.63. The zero-order valence-corrected chi connectivity index (χ0v) is 12.4. The van der Waals surface area contributed by atoms with Gasteiger partial charge in [-0.05, 0) is 30.4 Å². The fourth-order valence-electron chi connectivity index (χ4n) is 2.04. The van der Waals surface area contributed by atoms with E-state index in [1.165, 1.54) is 14.7 Å². The van der Waals surface area contributed by atoms with Gasteiger partial charge in [-0.25, -0.2) is 0 Å². The van der Waals surface area contributed by atoms with Crippen LogP contribution in [0.5, 0.6) is 0 Å². The van der Waals surface area contributed by atoms with Crippen molar-refractivity contribution in [2.45, 2.75) is 11.3 Å². The van der Waals surface area contributed by atoms with Crippen LogP contribution in [0.15, 0.2) is 107 Å². The first kappa shape index (κ1) is 14.4. The number of allylic oxidation sites excluding steroid dienone is 9. The van der Waals surface area contributed by atoms with Crippen molar-refractivity contribution in [2.24, 2.45) is 0 Å². The molecular formula is C19H19S+. The maximum atomic E-state index is 3.97. The third kappa shape index (κ3) is 3.52. The quantitative estimate of drug-likeness (QED) is 0.505. The second-order valence-electron chi connectivity index (χ2n) is 4.28. The summed E-state index contributed by atoms with van der Waals surface area (Å²) in [6.45, 7) is 7.79. The standard InChI is InChI=1S/C19H19S/c1-3-12-17(4-2)20(19-15-10-7-11-16-19)18-13-8-5-6-9-14-18/h3-13,15-16H,1-2,14H2/q+1/b17-12+. The molecule has 0 radical (unpaired) electrons. The summed E-state index contributed by atoms with van der Waals surface area (Å²) in [6, 6.07) is 10.6. The molecule has 1 aliphatic rings. The highest BCUT2D eigenvalue weighted by molar-refractivity contribution is 8.04. The highest BCUT2D eigenvalue weighted by Crippen LogP contribution is 2.32. The van der Waals surface area contributed by atoms with E-state index in [0.29, 0.717) is 0 Å². The zero-order chi connectivity index (χ0) is 14.2. The van der Waals surface area contributed by atoms with E-state index in [2.05, 4.69) is 79.9 Å². The van der Waals surface area contributed by atoms with E-state index < -0.39 is 0 Å². The van der Waals surface area contributed by atoms with Gasteiger partial charge in [0.2, 0.25) is 0 Å². The smallest absolute Gasteiger partial charge is 0.0989 e. The molecule has 0 amide bonds. The molecule has 0 aromatic heterocycles. The molecule has 100 valence electrons. The summed E-state index contributed by atoms with van der Waals surface area (Å²) in [5.41, 5.74) is 0. The van der Waals surface area contributed by atoms with Crippen LogP contribution < -0.4 is 0 Å². The summed E-state index contributed by atoms with van der Waals surface area (Å²) >= 11 is 0. The van der Waals surface area contributed by atoms with Crippen LogP contribution in [-0.2, 0) is 10.9 Å². The molecule has 0 spiro atoms. The lowest BCUT2D eigenvalue weighted by molar-refractivity contribution is 1.34. The molecule has 0 saturated carbocycles. The van der Waals surface area contributed by atoms with Gasteiger partial charge in [0.15, 0.2) is 9.80 Å². The van der Waals surface area contributed by atoms with E-state index in [9.17, 15) is 0 Å². The number of rotatable bonds is 5. The molecule has 0 nitrogen and oxygen atoms in total. The van der Waals surface area contributed by atoms with Crippen molar-refractivity contribution >= 4 is 10.9 Å². The molecule has 2 rings (SSSR count). The van der Waals surface area contributed by atoms with Crippen molar-refractivity contribution in [1.82, 2.24) is 0 Å². The Kier molecular flexibility index (Phi) is 5.45. The maximum Gasteiger partial charge on any atom is 0.166 e.